The van der Waals surface area contributed by atoms with Crippen LogP contribution in [0.4, 0.5) is 4.79 Å². The summed E-state index contributed by atoms with van der Waals surface area (Å²) in [6, 6.07) is 8.95. The molecule has 1 unspecified atom stereocenters. The smallest absolute Gasteiger partial charge is 0.410 e. The fourth-order valence-electron chi connectivity index (χ4n) is 8.96. The molecular formula is C41H65N3O10. The molecule has 1 aromatic carbocycles. The van der Waals surface area contributed by atoms with Crippen molar-refractivity contribution in [2.24, 2.45) is 23.7 Å². The first-order valence-corrected chi connectivity index (χ1v) is 19.5. The minimum Gasteiger partial charge on any atom is -0.458 e. The first kappa shape index (κ1) is 43.8. The Morgan fingerprint density at radius 2 is 1.61 bits per heavy atom. The van der Waals surface area contributed by atoms with Crippen LogP contribution in [0.3, 0.4) is 0 Å². The lowest BCUT2D eigenvalue weighted by atomic mass is 9.73. The second-order valence-corrected chi connectivity index (χ2v) is 16.6. The second-order valence-electron chi connectivity index (χ2n) is 16.6. The highest BCUT2D eigenvalue weighted by molar-refractivity contribution is 6.00. The van der Waals surface area contributed by atoms with Gasteiger partial charge < -0.3 is 38.6 Å². The molecule has 4 rings (SSSR count). The molecule has 0 radical (unpaired) electrons. The molecular weight excluding hydrogens is 694 g/mol. The van der Waals surface area contributed by atoms with Crippen molar-refractivity contribution in [1.29, 1.82) is 0 Å². The maximum Gasteiger partial charge on any atom is 0.410 e. The number of aliphatic hydroxyl groups is 1. The quantitative estimate of drug-likeness (QED) is 0.268. The van der Waals surface area contributed by atoms with Crippen molar-refractivity contribution >= 4 is 23.6 Å². The summed E-state index contributed by atoms with van der Waals surface area (Å²) in [7, 11) is 7.22. The van der Waals surface area contributed by atoms with Crippen molar-refractivity contribution in [2.75, 3.05) is 41.3 Å². The molecule has 3 aliphatic heterocycles. The van der Waals surface area contributed by atoms with Crippen LogP contribution in [0, 0.1) is 23.7 Å². The van der Waals surface area contributed by atoms with Crippen LogP contribution in [0.25, 0.3) is 0 Å². The predicted octanol–water partition coefficient (Wildman–Crippen LogP) is 4.32. The van der Waals surface area contributed by atoms with Crippen LogP contribution in [-0.4, -0.2) is 139 Å². The number of amides is 1. The molecule has 0 saturated carbocycles. The van der Waals surface area contributed by atoms with E-state index in [2.05, 4.69) is 4.90 Å². The summed E-state index contributed by atoms with van der Waals surface area (Å²) in [5.74, 6) is -4.90. The summed E-state index contributed by atoms with van der Waals surface area (Å²) in [6.07, 6.45) is -4.00. The molecule has 3 saturated heterocycles. The number of esters is 1. The van der Waals surface area contributed by atoms with Gasteiger partial charge in [0.2, 0.25) is 0 Å². The van der Waals surface area contributed by atoms with Gasteiger partial charge in [-0.15, -0.1) is 0 Å². The number of hydrogen-bond donors (Lipinski definition) is 1. The Morgan fingerprint density at radius 1 is 0.963 bits per heavy atom. The highest BCUT2D eigenvalue weighted by Crippen LogP contribution is 2.43. The van der Waals surface area contributed by atoms with Gasteiger partial charge in [0.25, 0.3) is 0 Å². The van der Waals surface area contributed by atoms with E-state index in [1.165, 1.54) is 14.0 Å². The number of cyclic esters (lactones) is 1. The molecule has 13 nitrogen and oxygen atoms in total. The van der Waals surface area contributed by atoms with Gasteiger partial charge in [0.1, 0.15) is 23.9 Å². The van der Waals surface area contributed by atoms with E-state index in [4.69, 9.17) is 23.7 Å². The highest BCUT2D eigenvalue weighted by Gasteiger charge is 2.60. The summed E-state index contributed by atoms with van der Waals surface area (Å²) in [6.45, 7) is 15.4. The number of carbonyl (C=O) groups is 4. The minimum absolute atomic E-state index is 0.137. The Balaban J connectivity index is 1.73. The number of likely N-dealkylation sites (N-methyl/N-ethyl adjacent to an activating group) is 2. The Kier molecular flexibility index (Phi) is 14.5. The lowest BCUT2D eigenvalue weighted by Crippen LogP contribution is -2.60. The molecule has 13 heteroatoms. The van der Waals surface area contributed by atoms with E-state index in [1.54, 1.807) is 32.6 Å². The van der Waals surface area contributed by atoms with Gasteiger partial charge in [0, 0.05) is 50.5 Å². The SMILES string of the molecule is CCC1OC(=O)[C@H](C)C(=O)[C@H](C)[C@@H](O[C@@H]2O[C@H](C)C[C@H](N(C)C)[C@H]2O)[C@](C)(OC)C[C@@H](C)C(=O)[C@H](C)[C@H]2N(CCN(C)Cc3ccccc3)C(=O)O[C@]12C. The number of ether oxygens (including phenoxy) is 5. The highest BCUT2D eigenvalue weighted by atomic mass is 16.7. The van der Waals surface area contributed by atoms with Gasteiger partial charge in [-0.05, 0) is 73.7 Å². The second kappa shape index (κ2) is 17.9. The number of hydrogen-bond acceptors (Lipinski definition) is 12. The normalized spacial score (nSPS) is 38.6. The van der Waals surface area contributed by atoms with E-state index in [1.807, 2.05) is 77.1 Å². The van der Waals surface area contributed by atoms with Gasteiger partial charge in [0.05, 0.1) is 23.9 Å². The van der Waals surface area contributed by atoms with Gasteiger partial charge in [-0.1, -0.05) is 58.0 Å². The van der Waals surface area contributed by atoms with Gasteiger partial charge in [-0.2, -0.15) is 0 Å². The van der Waals surface area contributed by atoms with Crippen molar-refractivity contribution in [3.8, 4) is 0 Å². The molecule has 3 fully saturated rings. The van der Waals surface area contributed by atoms with Crippen molar-refractivity contribution in [2.45, 2.75) is 135 Å². The average Bonchev–Trinajstić information content (AvgIpc) is 3.39. The molecule has 0 spiro atoms. The summed E-state index contributed by atoms with van der Waals surface area (Å²) < 4.78 is 31.2. The first-order chi connectivity index (χ1) is 25.3. The predicted molar refractivity (Wildman–Crippen MR) is 202 cm³/mol. The summed E-state index contributed by atoms with van der Waals surface area (Å²) in [4.78, 5) is 62.3. The summed E-state index contributed by atoms with van der Waals surface area (Å²) in [5.41, 5.74) is -1.52. The monoisotopic (exact) mass is 759 g/mol. The molecule has 13 atom stereocenters. The molecule has 304 valence electrons. The maximum absolute atomic E-state index is 14.7. The Morgan fingerprint density at radius 3 is 2.20 bits per heavy atom. The largest absolute Gasteiger partial charge is 0.458 e. The van der Waals surface area contributed by atoms with Crippen molar-refractivity contribution < 1.29 is 48.0 Å². The minimum atomic E-state index is -1.39. The number of rotatable bonds is 10. The molecule has 3 heterocycles. The van der Waals surface area contributed by atoms with Gasteiger partial charge >= 0.3 is 12.1 Å². The van der Waals surface area contributed by atoms with Crippen LogP contribution in [0.2, 0.25) is 0 Å². The number of aliphatic hydroxyl groups excluding tert-OH is 1. The van der Waals surface area contributed by atoms with Gasteiger partial charge in [-0.3, -0.25) is 19.3 Å². The van der Waals surface area contributed by atoms with Crippen molar-refractivity contribution in [3.05, 3.63) is 35.9 Å². The first-order valence-electron chi connectivity index (χ1n) is 19.5. The zero-order chi connectivity index (χ0) is 40.3. The number of fused-ring (bicyclic) bond motifs is 1. The zero-order valence-corrected chi connectivity index (χ0v) is 34.4. The van der Waals surface area contributed by atoms with Crippen molar-refractivity contribution in [3.63, 3.8) is 0 Å². The number of ketones is 2. The lowest BCUT2D eigenvalue weighted by molar-refractivity contribution is -0.295. The van der Waals surface area contributed by atoms with Gasteiger partial charge in [-0.25, -0.2) is 4.79 Å². The number of nitrogens with zero attached hydrogens (tertiary/aromatic N) is 3. The number of carbonyl (C=O) groups excluding carboxylic acids is 4. The molecule has 1 aromatic rings. The van der Waals surface area contributed by atoms with Crippen LogP contribution in [0.5, 0.6) is 0 Å². The third-order valence-corrected chi connectivity index (χ3v) is 12.2. The topological polar surface area (TPSA) is 144 Å². The molecule has 1 amide bonds. The fraction of sp³-hybridized carbons (Fsp3) is 0.756. The average molecular weight is 760 g/mol. The van der Waals surface area contributed by atoms with Crippen LogP contribution >= 0.6 is 0 Å². The Hall–Kier alpha value is -2.94. The van der Waals surface area contributed by atoms with Crippen LogP contribution in [-0.2, 0) is 44.6 Å². The number of Topliss-reactive ketones (excluding diaryl/α,β-unsaturated/α-hetero) is 2. The standard InChI is InChI=1S/C41H65N3O10/c1-13-31-41(8)35(44(39(49)54-41)20-19-43(11)23-29-17-15-14-16-18-29)26(4)32(45)24(2)22-40(7,50-12)36(27(5)33(46)28(6)37(48)52-31)53-38-34(47)30(42(9)10)21-25(3)51-38/h14-18,24-28,30-31,34-36,38,47H,13,19-23H2,1-12H3/t24-,25-,26+,27+,28-,30+,31?,34-,35-,36-,38+,40-,41-/m1/s1. The summed E-state index contributed by atoms with van der Waals surface area (Å²) >= 11 is 0. The van der Waals surface area contributed by atoms with E-state index in [0.29, 0.717) is 19.5 Å². The van der Waals surface area contributed by atoms with Crippen LogP contribution in [0.15, 0.2) is 30.3 Å². The molecule has 1 N–H and O–H groups in total. The van der Waals surface area contributed by atoms with Gasteiger partial charge in [0.15, 0.2) is 17.7 Å². The number of methoxy groups -OCH3 is 1. The van der Waals surface area contributed by atoms with E-state index < -0.39 is 83.4 Å². The summed E-state index contributed by atoms with van der Waals surface area (Å²) in [5, 5.41) is 11.4. The molecule has 0 aliphatic carbocycles. The van der Waals surface area contributed by atoms with Crippen LogP contribution in [0.1, 0.15) is 80.2 Å². The third kappa shape index (κ3) is 9.19. The Labute approximate surface area is 321 Å². The van der Waals surface area contributed by atoms with Crippen LogP contribution < -0.4 is 0 Å². The lowest BCUT2D eigenvalue weighted by Gasteiger charge is -2.47. The fourth-order valence-corrected chi connectivity index (χ4v) is 8.96. The molecule has 0 aromatic heterocycles. The van der Waals surface area contributed by atoms with E-state index >= 15 is 0 Å². The van der Waals surface area contributed by atoms with E-state index in [-0.39, 0.29) is 37.3 Å². The molecule has 54 heavy (non-hydrogen) atoms. The van der Waals surface area contributed by atoms with Crippen molar-refractivity contribution in [1.82, 2.24) is 14.7 Å². The maximum atomic E-state index is 14.7. The third-order valence-electron chi connectivity index (χ3n) is 12.2. The number of benzene rings is 1. The Bertz CT molecular complexity index is 1460. The van der Waals surface area contributed by atoms with E-state index in [0.717, 1.165) is 5.56 Å². The molecule has 0 bridgehead atoms. The molecule has 3 aliphatic rings. The van der Waals surface area contributed by atoms with E-state index in [9.17, 15) is 24.3 Å². The zero-order valence-electron chi connectivity index (χ0n) is 34.4.